The zero-order valence-electron chi connectivity index (χ0n) is 6.94. The topological polar surface area (TPSA) is 43.1 Å². The Labute approximate surface area is 72.4 Å². The molecule has 0 heterocycles. The molecule has 0 saturated heterocycles. The molecule has 0 bridgehead atoms. The van der Waals surface area contributed by atoms with Crippen molar-refractivity contribution >= 4 is 6.29 Å². The predicted octanol–water partition coefficient (Wildman–Crippen LogP) is 1.67. The Morgan fingerprint density at radius 1 is 1.33 bits per heavy atom. The molecule has 0 aliphatic heterocycles. The zero-order chi connectivity index (χ0) is 8.81. The molecule has 1 rings (SSSR count). The standard InChI is InChI=1S/C10H13NO/c11-10(7-4-8-12)9-5-2-1-3-6-9/h1-3,5-6,8,10H,4,7,11H2/t10-/m0/s1. The fourth-order valence-electron chi connectivity index (χ4n) is 1.11. The number of rotatable bonds is 4. The number of nitrogens with two attached hydrogens (primary N) is 1. The SMILES string of the molecule is N[C@@H](CCC=O)c1ccccc1. The van der Waals surface area contributed by atoms with Gasteiger partial charge >= 0.3 is 0 Å². The third-order valence-corrected chi connectivity index (χ3v) is 1.82. The van der Waals surface area contributed by atoms with Gasteiger partial charge in [-0.25, -0.2) is 0 Å². The fraction of sp³-hybridized carbons (Fsp3) is 0.300. The molecule has 0 saturated carbocycles. The van der Waals surface area contributed by atoms with Crippen molar-refractivity contribution in [3.8, 4) is 0 Å². The van der Waals surface area contributed by atoms with Crippen molar-refractivity contribution in [1.82, 2.24) is 0 Å². The number of carbonyl (C=O) groups is 1. The number of hydrogen-bond acceptors (Lipinski definition) is 2. The summed E-state index contributed by atoms with van der Waals surface area (Å²) in [7, 11) is 0. The lowest BCUT2D eigenvalue weighted by Gasteiger charge is -2.08. The van der Waals surface area contributed by atoms with Gasteiger partial charge in [0, 0.05) is 12.5 Å². The highest BCUT2D eigenvalue weighted by Gasteiger charge is 2.02. The van der Waals surface area contributed by atoms with E-state index in [0.29, 0.717) is 6.42 Å². The minimum absolute atomic E-state index is 0.00333. The van der Waals surface area contributed by atoms with E-state index in [9.17, 15) is 4.79 Å². The van der Waals surface area contributed by atoms with Gasteiger partial charge in [0.15, 0.2) is 0 Å². The fourth-order valence-corrected chi connectivity index (χ4v) is 1.11. The molecule has 0 aliphatic carbocycles. The molecule has 1 aromatic rings. The molecule has 2 N–H and O–H groups in total. The van der Waals surface area contributed by atoms with Gasteiger partial charge in [0.25, 0.3) is 0 Å². The van der Waals surface area contributed by atoms with Gasteiger partial charge in [-0.2, -0.15) is 0 Å². The first-order valence-corrected chi connectivity index (χ1v) is 4.08. The van der Waals surface area contributed by atoms with Gasteiger partial charge in [-0.3, -0.25) is 0 Å². The Kier molecular flexibility index (Phi) is 3.48. The number of benzene rings is 1. The molecule has 0 aromatic heterocycles. The maximum Gasteiger partial charge on any atom is 0.120 e. The molecular formula is C10H13NO. The summed E-state index contributed by atoms with van der Waals surface area (Å²) in [6.07, 6.45) is 2.17. The van der Waals surface area contributed by atoms with Crippen LogP contribution in [0.15, 0.2) is 30.3 Å². The maximum absolute atomic E-state index is 10.1. The van der Waals surface area contributed by atoms with E-state index < -0.39 is 0 Å². The zero-order valence-corrected chi connectivity index (χ0v) is 6.94. The van der Waals surface area contributed by atoms with Crippen LogP contribution in [0.25, 0.3) is 0 Å². The van der Waals surface area contributed by atoms with Crippen molar-refractivity contribution in [2.75, 3.05) is 0 Å². The van der Waals surface area contributed by atoms with E-state index >= 15 is 0 Å². The highest BCUT2D eigenvalue weighted by atomic mass is 16.1. The van der Waals surface area contributed by atoms with Gasteiger partial charge in [0.05, 0.1) is 0 Å². The second-order valence-corrected chi connectivity index (χ2v) is 2.76. The number of aldehydes is 1. The largest absolute Gasteiger partial charge is 0.324 e. The van der Waals surface area contributed by atoms with Crippen molar-refractivity contribution in [3.63, 3.8) is 0 Å². The van der Waals surface area contributed by atoms with Gasteiger partial charge in [-0.1, -0.05) is 30.3 Å². The van der Waals surface area contributed by atoms with Crippen LogP contribution < -0.4 is 5.73 Å². The maximum atomic E-state index is 10.1. The van der Waals surface area contributed by atoms with Crippen molar-refractivity contribution in [3.05, 3.63) is 35.9 Å². The molecular weight excluding hydrogens is 150 g/mol. The first-order valence-electron chi connectivity index (χ1n) is 4.08. The van der Waals surface area contributed by atoms with Crippen LogP contribution in [0.5, 0.6) is 0 Å². The summed E-state index contributed by atoms with van der Waals surface area (Å²) in [6.45, 7) is 0. The van der Waals surface area contributed by atoms with Crippen LogP contribution in [-0.4, -0.2) is 6.29 Å². The average molecular weight is 163 g/mol. The highest BCUT2D eigenvalue weighted by molar-refractivity contribution is 5.49. The Morgan fingerprint density at radius 2 is 2.00 bits per heavy atom. The summed E-state index contributed by atoms with van der Waals surface area (Å²) in [5, 5.41) is 0. The predicted molar refractivity (Wildman–Crippen MR) is 48.7 cm³/mol. The number of carbonyl (C=O) groups excluding carboxylic acids is 1. The normalized spacial score (nSPS) is 12.4. The summed E-state index contributed by atoms with van der Waals surface area (Å²) >= 11 is 0. The molecule has 64 valence electrons. The minimum atomic E-state index is -0.00333. The van der Waals surface area contributed by atoms with Crippen molar-refractivity contribution < 1.29 is 4.79 Å². The number of hydrogen-bond donors (Lipinski definition) is 1. The van der Waals surface area contributed by atoms with E-state index in [1.54, 1.807) is 0 Å². The third kappa shape index (κ3) is 2.47. The third-order valence-electron chi connectivity index (χ3n) is 1.82. The summed E-state index contributed by atoms with van der Waals surface area (Å²) < 4.78 is 0. The highest BCUT2D eigenvalue weighted by Crippen LogP contribution is 2.13. The average Bonchev–Trinajstić information content (AvgIpc) is 2.15. The van der Waals surface area contributed by atoms with Crippen LogP contribution >= 0.6 is 0 Å². The van der Waals surface area contributed by atoms with Gasteiger partial charge in [0.1, 0.15) is 6.29 Å². The van der Waals surface area contributed by atoms with Crippen LogP contribution in [0.2, 0.25) is 0 Å². The molecule has 0 aliphatic rings. The van der Waals surface area contributed by atoms with Gasteiger partial charge in [-0.15, -0.1) is 0 Å². The van der Waals surface area contributed by atoms with Crippen LogP contribution in [-0.2, 0) is 4.79 Å². The summed E-state index contributed by atoms with van der Waals surface area (Å²) in [5.41, 5.74) is 6.92. The molecule has 12 heavy (non-hydrogen) atoms. The first kappa shape index (κ1) is 8.94. The minimum Gasteiger partial charge on any atom is -0.324 e. The monoisotopic (exact) mass is 163 g/mol. The van der Waals surface area contributed by atoms with E-state index in [2.05, 4.69) is 0 Å². The molecule has 0 radical (unpaired) electrons. The lowest BCUT2D eigenvalue weighted by molar-refractivity contribution is -0.108. The van der Waals surface area contributed by atoms with Gasteiger partial charge in [0.2, 0.25) is 0 Å². The molecule has 0 spiro atoms. The molecule has 2 nitrogen and oxygen atoms in total. The second-order valence-electron chi connectivity index (χ2n) is 2.76. The van der Waals surface area contributed by atoms with E-state index in [4.69, 9.17) is 5.73 Å². The Bertz CT molecular complexity index is 233. The lowest BCUT2D eigenvalue weighted by Crippen LogP contribution is -2.09. The van der Waals surface area contributed by atoms with E-state index in [0.717, 1.165) is 18.3 Å². The quantitative estimate of drug-likeness (QED) is 0.686. The second kappa shape index (κ2) is 4.67. The van der Waals surface area contributed by atoms with Gasteiger partial charge < -0.3 is 10.5 Å². The van der Waals surface area contributed by atoms with E-state index in [1.165, 1.54) is 0 Å². The first-order chi connectivity index (χ1) is 5.84. The molecule has 0 unspecified atom stereocenters. The molecule has 1 atom stereocenters. The van der Waals surface area contributed by atoms with Crippen LogP contribution in [0, 0.1) is 0 Å². The Balaban J connectivity index is 2.53. The molecule has 2 heteroatoms. The Hall–Kier alpha value is -1.15. The van der Waals surface area contributed by atoms with Crippen molar-refractivity contribution in [1.29, 1.82) is 0 Å². The molecule has 0 fully saturated rings. The van der Waals surface area contributed by atoms with E-state index in [1.807, 2.05) is 30.3 Å². The van der Waals surface area contributed by atoms with Crippen molar-refractivity contribution in [2.24, 2.45) is 5.73 Å². The van der Waals surface area contributed by atoms with Gasteiger partial charge in [-0.05, 0) is 12.0 Å². The summed E-state index contributed by atoms with van der Waals surface area (Å²) in [6, 6.07) is 9.82. The Morgan fingerprint density at radius 3 is 2.58 bits per heavy atom. The lowest BCUT2D eigenvalue weighted by atomic mass is 10.0. The van der Waals surface area contributed by atoms with Crippen LogP contribution in [0.3, 0.4) is 0 Å². The van der Waals surface area contributed by atoms with Crippen LogP contribution in [0.4, 0.5) is 0 Å². The van der Waals surface area contributed by atoms with Crippen LogP contribution in [0.1, 0.15) is 24.4 Å². The smallest absolute Gasteiger partial charge is 0.120 e. The van der Waals surface area contributed by atoms with E-state index in [-0.39, 0.29) is 6.04 Å². The summed E-state index contributed by atoms with van der Waals surface area (Å²) in [5.74, 6) is 0. The molecule has 0 amide bonds. The molecule has 1 aromatic carbocycles. The summed E-state index contributed by atoms with van der Waals surface area (Å²) in [4.78, 5) is 10.1. The van der Waals surface area contributed by atoms with Crippen molar-refractivity contribution in [2.45, 2.75) is 18.9 Å².